The molecule has 1 aliphatic heterocycles. The number of carbonyl (C=O) groups is 4. The molecule has 0 fully saturated rings. The van der Waals surface area contributed by atoms with E-state index in [0.29, 0.717) is 0 Å². The Labute approximate surface area is 148 Å². The summed E-state index contributed by atoms with van der Waals surface area (Å²) < 4.78 is 0. The van der Waals surface area contributed by atoms with Crippen LogP contribution in [0.5, 0.6) is 5.75 Å². The predicted octanol–water partition coefficient (Wildman–Crippen LogP) is 0.838. The zero-order valence-electron chi connectivity index (χ0n) is 13.7. The molecule has 0 aromatic heterocycles. The number of imide groups is 1. The topological polar surface area (TPSA) is 116 Å². The molecular formula is C18H15N3O5. The molecule has 0 aliphatic carbocycles. The molecule has 8 nitrogen and oxygen atoms in total. The summed E-state index contributed by atoms with van der Waals surface area (Å²) in [6.45, 7) is 1.39. The van der Waals surface area contributed by atoms with Gasteiger partial charge in [0.2, 0.25) is 0 Å². The van der Waals surface area contributed by atoms with Crippen LogP contribution in [0.2, 0.25) is 0 Å². The molecule has 0 radical (unpaired) electrons. The number of carbonyl (C=O) groups excluding carboxylic acids is 4. The fourth-order valence-electron chi connectivity index (χ4n) is 2.58. The highest BCUT2D eigenvalue weighted by Crippen LogP contribution is 2.24. The Kier molecular flexibility index (Phi) is 4.40. The van der Waals surface area contributed by atoms with Crippen molar-refractivity contribution in [1.29, 1.82) is 0 Å². The molecule has 2 aromatic rings. The van der Waals surface area contributed by atoms with Crippen molar-refractivity contribution in [1.82, 2.24) is 15.8 Å². The molecule has 132 valence electrons. The molecule has 1 aliphatic rings. The lowest BCUT2D eigenvalue weighted by Crippen LogP contribution is -2.52. The van der Waals surface area contributed by atoms with E-state index < -0.39 is 29.7 Å². The Hall–Kier alpha value is -3.68. The highest BCUT2D eigenvalue weighted by atomic mass is 16.3. The maximum Gasteiger partial charge on any atom is 0.269 e. The van der Waals surface area contributed by atoms with Crippen molar-refractivity contribution < 1.29 is 24.3 Å². The lowest BCUT2D eigenvalue weighted by molar-refractivity contribution is -0.125. The quantitative estimate of drug-likeness (QED) is 0.558. The van der Waals surface area contributed by atoms with Crippen molar-refractivity contribution >= 4 is 23.6 Å². The van der Waals surface area contributed by atoms with Crippen LogP contribution in [0, 0.1) is 0 Å². The third kappa shape index (κ3) is 3.00. The Morgan fingerprint density at radius 2 is 1.46 bits per heavy atom. The second-order valence-electron chi connectivity index (χ2n) is 5.69. The van der Waals surface area contributed by atoms with Gasteiger partial charge in [-0.3, -0.25) is 34.9 Å². The summed E-state index contributed by atoms with van der Waals surface area (Å²) >= 11 is 0. The molecule has 0 unspecified atom stereocenters. The van der Waals surface area contributed by atoms with Crippen molar-refractivity contribution in [2.45, 2.75) is 13.0 Å². The maximum atomic E-state index is 12.4. The van der Waals surface area contributed by atoms with Gasteiger partial charge in [0.1, 0.15) is 11.8 Å². The largest absolute Gasteiger partial charge is 0.508 e. The van der Waals surface area contributed by atoms with Gasteiger partial charge in [-0.25, -0.2) is 0 Å². The Morgan fingerprint density at radius 1 is 0.923 bits per heavy atom. The van der Waals surface area contributed by atoms with E-state index in [0.717, 1.165) is 4.90 Å². The number of nitrogens with zero attached hydrogens (tertiary/aromatic N) is 1. The number of phenols is 1. The molecule has 3 N–H and O–H groups in total. The molecule has 8 heteroatoms. The summed E-state index contributed by atoms with van der Waals surface area (Å²) in [5.41, 5.74) is 5.10. The maximum absolute atomic E-state index is 12.4. The zero-order valence-corrected chi connectivity index (χ0v) is 13.7. The smallest absolute Gasteiger partial charge is 0.269 e. The molecule has 1 heterocycles. The van der Waals surface area contributed by atoms with Gasteiger partial charge in [-0.2, -0.15) is 0 Å². The standard InChI is InChI=1S/C18H15N3O5/c1-10(21-17(25)13-4-2-3-5-14(13)18(21)26)15(23)19-20-16(24)11-6-8-12(22)9-7-11/h2-10,22H,1H3,(H,19,23)(H,20,24)/t10-/m0/s1. The molecular weight excluding hydrogens is 338 g/mol. The fraction of sp³-hybridized carbons (Fsp3) is 0.111. The van der Waals surface area contributed by atoms with Crippen LogP contribution < -0.4 is 10.9 Å². The number of hydrogen-bond donors (Lipinski definition) is 3. The van der Waals surface area contributed by atoms with Crippen LogP contribution in [-0.4, -0.2) is 39.7 Å². The number of benzene rings is 2. The van der Waals surface area contributed by atoms with Gasteiger partial charge in [-0.05, 0) is 43.3 Å². The van der Waals surface area contributed by atoms with Gasteiger partial charge in [-0.1, -0.05) is 12.1 Å². The summed E-state index contributed by atoms with van der Waals surface area (Å²) in [6.07, 6.45) is 0. The van der Waals surface area contributed by atoms with Crippen molar-refractivity contribution in [3.63, 3.8) is 0 Å². The third-order valence-corrected chi connectivity index (χ3v) is 4.02. The van der Waals surface area contributed by atoms with Gasteiger partial charge in [-0.15, -0.1) is 0 Å². The van der Waals surface area contributed by atoms with Crippen molar-refractivity contribution in [3.8, 4) is 5.75 Å². The van der Waals surface area contributed by atoms with Gasteiger partial charge in [0.25, 0.3) is 23.6 Å². The summed E-state index contributed by atoms with van der Waals surface area (Å²) in [5.74, 6) is -2.43. The first-order valence-electron chi connectivity index (χ1n) is 7.76. The Bertz CT molecular complexity index is 872. The van der Waals surface area contributed by atoms with Crippen LogP contribution in [0.3, 0.4) is 0 Å². The third-order valence-electron chi connectivity index (χ3n) is 4.02. The van der Waals surface area contributed by atoms with Gasteiger partial charge >= 0.3 is 0 Å². The van der Waals surface area contributed by atoms with Gasteiger partial charge in [0.15, 0.2) is 0 Å². The molecule has 1 atom stereocenters. The number of amides is 4. The van der Waals surface area contributed by atoms with Gasteiger partial charge in [0.05, 0.1) is 11.1 Å². The Balaban J connectivity index is 1.65. The van der Waals surface area contributed by atoms with Crippen molar-refractivity contribution in [2.75, 3.05) is 0 Å². The minimum Gasteiger partial charge on any atom is -0.508 e. The first kappa shape index (κ1) is 17.2. The first-order chi connectivity index (χ1) is 12.4. The number of fused-ring (bicyclic) bond motifs is 1. The average molecular weight is 353 g/mol. The average Bonchev–Trinajstić information content (AvgIpc) is 2.90. The van der Waals surface area contributed by atoms with E-state index in [-0.39, 0.29) is 22.4 Å². The minimum atomic E-state index is -1.11. The monoisotopic (exact) mass is 353 g/mol. The SMILES string of the molecule is C[C@@H](C(=O)NNC(=O)c1ccc(O)cc1)N1C(=O)c2ccccc2C1=O. The molecule has 0 saturated heterocycles. The number of aromatic hydroxyl groups is 1. The van der Waals surface area contributed by atoms with Crippen LogP contribution >= 0.6 is 0 Å². The number of nitrogens with one attached hydrogen (secondary N) is 2. The van der Waals surface area contributed by atoms with Crippen molar-refractivity contribution in [2.24, 2.45) is 0 Å². The van der Waals surface area contributed by atoms with E-state index in [1.165, 1.54) is 43.3 Å². The molecule has 0 spiro atoms. The molecule has 2 aromatic carbocycles. The predicted molar refractivity (Wildman–Crippen MR) is 90.1 cm³/mol. The molecule has 0 bridgehead atoms. The summed E-state index contributed by atoms with van der Waals surface area (Å²) in [7, 11) is 0. The first-order valence-corrected chi connectivity index (χ1v) is 7.76. The lowest BCUT2D eigenvalue weighted by Gasteiger charge is -2.21. The number of rotatable bonds is 3. The molecule has 0 saturated carbocycles. The van der Waals surface area contributed by atoms with Crippen LogP contribution in [0.25, 0.3) is 0 Å². The van der Waals surface area contributed by atoms with Crippen LogP contribution in [-0.2, 0) is 4.79 Å². The number of hydrazine groups is 1. The normalized spacial score (nSPS) is 14.0. The molecule has 26 heavy (non-hydrogen) atoms. The van der Waals surface area contributed by atoms with Crippen molar-refractivity contribution in [3.05, 3.63) is 65.2 Å². The second kappa shape index (κ2) is 6.67. The summed E-state index contributed by atoms with van der Waals surface area (Å²) in [4.78, 5) is 49.8. The van der Waals surface area contributed by atoms with Crippen LogP contribution in [0.4, 0.5) is 0 Å². The van der Waals surface area contributed by atoms with E-state index in [4.69, 9.17) is 0 Å². The Morgan fingerprint density at radius 3 is 2.00 bits per heavy atom. The van der Waals surface area contributed by atoms with E-state index >= 15 is 0 Å². The minimum absolute atomic E-state index is 0.00447. The second-order valence-corrected chi connectivity index (χ2v) is 5.69. The number of hydrogen-bond acceptors (Lipinski definition) is 5. The fourth-order valence-corrected chi connectivity index (χ4v) is 2.58. The highest BCUT2D eigenvalue weighted by molar-refractivity contribution is 6.22. The number of phenolic OH excluding ortho intramolecular Hbond substituents is 1. The lowest BCUT2D eigenvalue weighted by atomic mass is 10.1. The van der Waals surface area contributed by atoms with E-state index in [2.05, 4.69) is 10.9 Å². The van der Waals surface area contributed by atoms with E-state index in [1.54, 1.807) is 12.1 Å². The van der Waals surface area contributed by atoms with Gasteiger partial charge in [0, 0.05) is 5.56 Å². The zero-order chi connectivity index (χ0) is 18.8. The van der Waals surface area contributed by atoms with Crippen LogP contribution in [0.1, 0.15) is 38.0 Å². The molecule has 3 rings (SSSR count). The summed E-state index contributed by atoms with van der Waals surface area (Å²) in [5, 5.41) is 9.20. The summed E-state index contributed by atoms with van der Waals surface area (Å²) in [6, 6.07) is 10.6. The highest BCUT2D eigenvalue weighted by Gasteiger charge is 2.40. The van der Waals surface area contributed by atoms with Crippen LogP contribution in [0.15, 0.2) is 48.5 Å². The molecule has 4 amide bonds. The van der Waals surface area contributed by atoms with E-state index in [1.807, 2.05) is 0 Å². The van der Waals surface area contributed by atoms with Gasteiger partial charge < -0.3 is 5.11 Å². The van der Waals surface area contributed by atoms with E-state index in [9.17, 15) is 24.3 Å².